The Morgan fingerprint density at radius 1 is 1.64 bits per heavy atom. The Kier molecular flexibility index (Phi) is 7.72. The number of carbonyl (C=O) groups excluding carboxylic acids is 1. The maximum Gasteiger partial charge on any atom is 0.223 e. The Balaban J connectivity index is 0. The molecule has 1 aromatic heterocycles. The van der Waals surface area contributed by atoms with E-state index in [-0.39, 0.29) is 30.7 Å². The molecule has 64 valence electrons. The van der Waals surface area contributed by atoms with Crippen LogP contribution < -0.4 is 5.32 Å². The van der Waals surface area contributed by atoms with Gasteiger partial charge in [0.2, 0.25) is 5.91 Å². The lowest BCUT2D eigenvalue weighted by molar-refractivity contribution is -0.114. The van der Waals surface area contributed by atoms with Gasteiger partial charge in [-0.05, 0) is 0 Å². The summed E-state index contributed by atoms with van der Waals surface area (Å²) in [5.74, 6) is -0.0787. The molecule has 0 bridgehead atoms. The number of carbonyl (C=O) groups is 1. The Morgan fingerprint density at radius 2 is 2.27 bits per heavy atom. The largest absolute Gasteiger partial charge is 0.302 e. The van der Waals surface area contributed by atoms with Crippen LogP contribution in [-0.4, -0.2) is 10.9 Å². The molecule has 0 aliphatic heterocycles. The van der Waals surface area contributed by atoms with Gasteiger partial charge in [0.15, 0.2) is 5.13 Å². The van der Waals surface area contributed by atoms with Gasteiger partial charge in [0, 0.05) is 18.5 Å². The van der Waals surface area contributed by atoms with Crippen molar-refractivity contribution in [2.24, 2.45) is 0 Å². The van der Waals surface area contributed by atoms with Crippen LogP contribution in [0.3, 0.4) is 0 Å². The zero-order valence-electron chi connectivity index (χ0n) is 5.73. The van der Waals surface area contributed by atoms with Crippen LogP contribution in [0, 0.1) is 0 Å². The van der Waals surface area contributed by atoms with E-state index in [4.69, 9.17) is 0 Å². The fourth-order valence-electron chi connectivity index (χ4n) is 0.436. The molecule has 11 heavy (non-hydrogen) atoms. The predicted molar refractivity (Wildman–Crippen MR) is 50.9 cm³/mol. The highest BCUT2D eigenvalue weighted by atomic mass is 35.5. The van der Waals surface area contributed by atoms with Crippen molar-refractivity contribution in [3.8, 4) is 0 Å². The summed E-state index contributed by atoms with van der Waals surface area (Å²) in [7, 11) is 0. The van der Waals surface area contributed by atoms with Crippen molar-refractivity contribution in [3.63, 3.8) is 0 Å². The third-order valence-corrected chi connectivity index (χ3v) is 1.40. The molecule has 0 atom stereocenters. The second-order valence-corrected chi connectivity index (χ2v) is 2.41. The summed E-state index contributed by atoms with van der Waals surface area (Å²) in [5.41, 5.74) is 0. The van der Waals surface area contributed by atoms with Gasteiger partial charge in [0.05, 0.1) is 0 Å². The number of nitrogens with zero attached hydrogens (tertiary/aromatic N) is 1. The zero-order valence-corrected chi connectivity index (χ0v) is 8.18. The van der Waals surface area contributed by atoms with E-state index < -0.39 is 0 Å². The number of hydrogen-bond donors (Lipinski definition) is 1. The van der Waals surface area contributed by atoms with Crippen molar-refractivity contribution in [3.05, 3.63) is 11.6 Å². The van der Waals surface area contributed by atoms with Gasteiger partial charge in [-0.3, -0.25) is 4.79 Å². The molecule has 1 N–H and O–H groups in total. The Bertz CT molecular complexity index is 202. The van der Waals surface area contributed by atoms with Crippen LogP contribution in [-0.2, 0) is 4.79 Å². The fourth-order valence-corrected chi connectivity index (χ4v) is 1.01. The smallest absolute Gasteiger partial charge is 0.223 e. The maximum atomic E-state index is 10.4. The summed E-state index contributed by atoms with van der Waals surface area (Å²) < 4.78 is 0. The van der Waals surface area contributed by atoms with Crippen LogP contribution in [0.25, 0.3) is 0 Å². The highest BCUT2D eigenvalue weighted by Crippen LogP contribution is 2.08. The quantitative estimate of drug-likeness (QED) is 0.777. The molecule has 0 fully saturated rings. The monoisotopic (exact) mass is 214 g/mol. The molecule has 6 heteroatoms. The molecule has 0 saturated heterocycles. The Morgan fingerprint density at radius 3 is 2.64 bits per heavy atom. The van der Waals surface area contributed by atoms with E-state index in [1.165, 1.54) is 18.3 Å². The average Bonchev–Trinajstić information content (AvgIpc) is 2.15. The molecule has 0 aliphatic rings. The van der Waals surface area contributed by atoms with E-state index in [0.717, 1.165) is 0 Å². The first kappa shape index (κ1) is 13.3. The van der Waals surface area contributed by atoms with E-state index >= 15 is 0 Å². The number of nitrogens with one attached hydrogen (secondary N) is 1. The molecule has 1 heterocycles. The number of halogens is 2. The number of anilines is 1. The lowest BCUT2D eigenvalue weighted by atomic mass is 10.7. The average molecular weight is 215 g/mol. The van der Waals surface area contributed by atoms with E-state index in [9.17, 15) is 4.79 Å². The molecule has 3 nitrogen and oxygen atoms in total. The van der Waals surface area contributed by atoms with E-state index in [0.29, 0.717) is 5.13 Å². The number of aromatic nitrogens is 1. The first-order chi connectivity index (χ1) is 4.29. The van der Waals surface area contributed by atoms with Gasteiger partial charge >= 0.3 is 0 Å². The second-order valence-electron chi connectivity index (χ2n) is 1.52. The van der Waals surface area contributed by atoms with Crippen molar-refractivity contribution in [2.75, 3.05) is 5.32 Å². The van der Waals surface area contributed by atoms with Crippen molar-refractivity contribution in [2.45, 2.75) is 6.92 Å². The predicted octanol–water partition coefficient (Wildman–Crippen LogP) is 1.95. The van der Waals surface area contributed by atoms with Crippen LogP contribution in [0.15, 0.2) is 11.6 Å². The van der Waals surface area contributed by atoms with E-state index in [1.54, 1.807) is 6.20 Å². The van der Waals surface area contributed by atoms with Crippen molar-refractivity contribution in [1.82, 2.24) is 4.98 Å². The van der Waals surface area contributed by atoms with Gasteiger partial charge in [-0.15, -0.1) is 36.2 Å². The summed E-state index contributed by atoms with van der Waals surface area (Å²) in [6.07, 6.45) is 1.65. The molecule has 1 amide bonds. The molecular formula is C5H8Cl2N2OS. The third kappa shape index (κ3) is 5.01. The van der Waals surface area contributed by atoms with Crippen LogP contribution in [0.5, 0.6) is 0 Å². The summed E-state index contributed by atoms with van der Waals surface area (Å²) in [6.45, 7) is 1.46. The molecule has 0 radical (unpaired) electrons. The SMILES string of the molecule is CC(=O)Nc1nccs1.Cl.Cl. The van der Waals surface area contributed by atoms with Crippen molar-refractivity contribution < 1.29 is 4.79 Å². The van der Waals surface area contributed by atoms with Gasteiger partial charge in [-0.25, -0.2) is 4.98 Å². The van der Waals surface area contributed by atoms with Gasteiger partial charge in [0.25, 0.3) is 0 Å². The minimum Gasteiger partial charge on any atom is -0.302 e. The molecular weight excluding hydrogens is 207 g/mol. The van der Waals surface area contributed by atoms with Crippen molar-refractivity contribution in [1.29, 1.82) is 0 Å². The van der Waals surface area contributed by atoms with Gasteiger partial charge in [-0.1, -0.05) is 0 Å². The van der Waals surface area contributed by atoms with Crippen LogP contribution in [0.2, 0.25) is 0 Å². The number of amides is 1. The molecule has 1 rings (SSSR count). The highest BCUT2D eigenvalue weighted by molar-refractivity contribution is 7.13. The molecule has 0 spiro atoms. The third-order valence-electron chi connectivity index (χ3n) is 0.715. The Hall–Kier alpha value is -0.320. The minimum absolute atomic E-state index is 0. The second kappa shape index (κ2) is 6.39. The maximum absolute atomic E-state index is 10.4. The highest BCUT2D eigenvalue weighted by Gasteiger charge is 1.93. The lowest BCUT2D eigenvalue weighted by Crippen LogP contribution is -2.04. The fraction of sp³-hybridized carbons (Fsp3) is 0.200. The Labute approximate surface area is 81.0 Å². The lowest BCUT2D eigenvalue weighted by Gasteiger charge is -1.90. The van der Waals surface area contributed by atoms with Crippen molar-refractivity contribution >= 4 is 47.2 Å². The van der Waals surface area contributed by atoms with Crippen LogP contribution in [0.1, 0.15) is 6.92 Å². The minimum atomic E-state index is -0.0787. The van der Waals surface area contributed by atoms with Gasteiger partial charge in [0.1, 0.15) is 0 Å². The molecule has 0 aliphatic carbocycles. The first-order valence-electron chi connectivity index (χ1n) is 2.46. The molecule has 0 aromatic carbocycles. The standard InChI is InChI=1S/C5H6N2OS.2ClH/c1-4(8)7-5-6-2-3-9-5;;/h2-3H,1H3,(H,6,7,8);2*1H. The van der Waals surface area contributed by atoms with Gasteiger partial charge in [-0.2, -0.15) is 0 Å². The first-order valence-corrected chi connectivity index (χ1v) is 3.34. The zero-order chi connectivity index (χ0) is 6.69. The van der Waals surface area contributed by atoms with E-state index in [1.807, 2.05) is 5.38 Å². The topological polar surface area (TPSA) is 42.0 Å². The molecule has 1 aromatic rings. The van der Waals surface area contributed by atoms with E-state index in [2.05, 4.69) is 10.3 Å². The normalized spacial score (nSPS) is 7.36. The number of hydrogen-bond acceptors (Lipinski definition) is 3. The summed E-state index contributed by atoms with van der Waals surface area (Å²) in [6, 6.07) is 0. The van der Waals surface area contributed by atoms with Gasteiger partial charge < -0.3 is 5.32 Å². The molecule has 0 saturated carbocycles. The summed E-state index contributed by atoms with van der Waals surface area (Å²) in [4.78, 5) is 14.2. The van der Waals surface area contributed by atoms with Crippen LogP contribution in [0.4, 0.5) is 5.13 Å². The number of thiazole rings is 1. The summed E-state index contributed by atoms with van der Waals surface area (Å²) in [5, 5.41) is 5.02. The number of rotatable bonds is 1. The summed E-state index contributed by atoms with van der Waals surface area (Å²) >= 11 is 1.41. The van der Waals surface area contributed by atoms with Crippen LogP contribution >= 0.6 is 36.2 Å². The molecule has 0 unspecified atom stereocenters.